The van der Waals surface area contributed by atoms with E-state index >= 15 is 0 Å². The van der Waals surface area contributed by atoms with Crippen molar-refractivity contribution in [3.05, 3.63) is 42.0 Å². The average Bonchev–Trinajstić information content (AvgIpc) is 2.98. The van der Waals surface area contributed by atoms with Crippen LogP contribution in [-0.4, -0.2) is 130 Å². The summed E-state index contributed by atoms with van der Waals surface area (Å²) in [6, 6.07) is 6.02. The molecular formula is C27H37F3N4O8S. The number of carbonyl (C=O) groups is 3. The molecule has 0 radical (unpaired) electrons. The van der Waals surface area contributed by atoms with Crippen molar-refractivity contribution in [1.29, 1.82) is 0 Å². The number of likely N-dealkylation sites (N-methyl/N-ethyl adjacent to an activating group) is 2. The Bertz CT molecular complexity index is 1290. The maximum absolute atomic E-state index is 13.6. The number of hydrogen-bond donors (Lipinski definition) is 2. The topological polar surface area (TPSA) is 146 Å². The second-order valence-electron chi connectivity index (χ2n) is 10.5. The summed E-state index contributed by atoms with van der Waals surface area (Å²) in [4.78, 5) is 39.6. The van der Waals surface area contributed by atoms with Crippen LogP contribution in [0.15, 0.2) is 41.3 Å². The molecule has 3 aliphatic rings. The van der Waals surface area contributed by atoms with Crippen molar-refractivity contribution in [3.8, 4) is 0 Å². The predicted molar refractivity (Wildman–Crippen MR) is 148 cm³/mol. The first kappa shape index (κ1) is 34.4. The van der Waals surface area contributed by atoms with Crippen molar-refractivity contribution in [1.82, 2.24) is 19.4 Å². The van der Waals surface area contributed by atoms with E-state index in [1.165, 1.54) is 23.5 Å². The normalized spacial score (nSPS) is 26.9. The van der Waals surface area contributed by atoms with E-state index in [0.717, 1.165) is 19.3 Å². The van der Waals surface area contributed by atoms with Crippen LogP contribution in [0.3, 0.4) is 0 Å². The number of piperidine rings is 1. The smallest absolute Gasteiger partial charge is 0.475 e. The Kier molecular flexibility index (Phi) is 11.7. The number of rotatable bonds is 0. The molecule has 2 fully saturated rings. The third kappa shape index (κ3) is 8.75. The number of ether oxygens (including phenoxy) is 2. The van der Waals surface area contributed by atoms with Crippen molar-refractivity contribution in [3.63, 3.8) is 0 Å². The Balaban J connectivity index is 0.000000646. The highest BCUT2D eigenvalue weighted by Gasteiger charge is 2.44. The molecule has 3 heterocycles. The molecule has 1 aromatic carbocycles. The minimum Gasteiger partial charge on any atom is -0.475 e. The summed E-state index contributed by atoms with van der Waals surface area (Å²) in [6.45, 7) is 2.73. The molecule has 12 nitrogen and oxygen atoms in total. The molecule has 0 saturated carbocycles. The van der Waals surface area contributed by atoms with E-state index in [-0.39, 0.29) is 42.5 Å². The van der Waals surface area contributed by atoms with E-state index in [0.29, 0.717) is 38.3 Å². The monoisotopic (exact) mass is 634 g/mol. The van der Waals surface area contributed by atoms with Crippen LogP contribution >= 0.6 is 0 Å². The van der Waals surface area contributed by atoms with E-state index in [1.807, 2.05) is 0 Å². The summed E-state index contributed by atoms with van der Waals surface area (Å²) in [5.41, 5.74) is -0.823. The highest BCUT2D eigenvalue weighted by molar-refractivity contribution is 7.89. The van der Waals surface area contributed by atoms with Crippen molar-refractivity contribution in [2.45, 2.75) is 42.0 Å². The molecule has 2 amide bonds. The molecule has 2 bridgehead atoms. The Morgan fingerprint density at radius 2 is 1.88 bits per heavy atom. The molecule has 4 rings (SSSR count). The van der Waals surface area contributed by atoms with Gasteiger partial charge in [-0.3, -0.25) is 9.59 Å². The molecule has 1 spiro atoms. The van der Waals surface area contributed by atoms with E-state index in [2.05, 4.69) is 5.32 Å². The number of morpholine rings is 1. The van der Waals surface area contributed by atoms with Crippen LogP contribution in [0.1, 0.15) is 29.6 Å². The summed E-state index contributed by atoms with van der Waals surface area (Å²) in [5, 5.41) is 10.4. The summed E-state index contributed by atoms with van der Waals surface area (Å²) in [6.07, 6.45) is 0.922. The van der Waals surface area contributed by atoms with E-state index < -0.39 is 27.8 Å². The van der Waals surface area contributed by atoms with Gasteiger partial charge in [-0.05, 0) is 37.5 Å². The van der Waals surface area contributed by atoms with Gasteiger partial charge < -0.3 is 29.7 Å². The van der Waals surface area contributed by atoms with Crippen LogP contribution in [0.5, 0.6) is 0 Å². The van der Waals surface area contributed by atoms with Gasteiger partial charge in [0.1, 0.15) is 0 Å². The number of halogens is 3. The number of carbonyl (C=O) groups excluding carboxylic acids is 2. The van der Waals surface area contributed by atoms with Crippen LogP contribution < -0.4 is 5.32 Å². The fraction of sp³-hybridized carbons (Fsp3) is 0.593. The number of fused-ring (bicyclic) bond motifs is 3. The van der Waals surface area contributed by atoms with Gasteiger partial charge in [-0.1, -0.05) is 18.2 Å². The summed E-state index contributed by atoms with van der Waals surface area (Å²) in [7, 11) is -0.544. The lowest BCUT2D eigenvalue weighted by molar-refractivity contribution is -0.192. The van der Waals surface area contributed by atoms with Gasteiger partial charge in [-0.2, -0.15) is 17.5 Å². The third-order valence-electron chi connectivity index (χ3n) is 7.29. The first-order valence-corrected chi connectivity index (χ1v) is 15.1. The van der Waals surface area contributed by atoms with Crippen molar-refractivity contribution in [2.75, 3.05) is 66.6 Å². The van der Waals surface area contributed by atoms with Crippen LogP contribution in [0, 0.1) is 0 Å². The van der Waals surface area contributed by atoms with Gasteiger partial charge in [0, 0.05) is 58.4 Å². The molecule has 0 aliphatic carbocycles. The maximum Gasteiger partial charge on any atom is 0.490 e. The van der Waals surface area contributed by atoms with Gasteiger partial charge in [-0.25, -0.2) is 13.2 Å². The molecule has 2 N–H and O–H groups in total. The van der Waals surface area contributed by atoms with E-state index in [4.69, 9.17) is 19.4 Å². The van der Waals surface area contributed by atoms with Crippen LogP contribution in [0.4, 0.5) is 13.2 Å². The molecule has 3 aliphatic heterocycles. The standard InChI is InChI=1S/C25H36N4O6S.C2HF3O2/c1-27-17-21-9-3-4-13-29(21)23(30)20-8-7-10-22(16-20)36(32,33)28(2)12-5-6-14-34-19-25(24(27)31)18-26-11-15-35-25;3-2(4,5)1(6)7/h5-8,10,16,21,26H,3-4,9,11-15,17-19H2,1-2H3;(H,6,7)/b6-5-;/t21-,25?;/m0./s1. The number of nitrogens with zero attached hydrogens (tertiary/aromatic N) is 3. The number of aliphatic carboxylic acids is 1. The SMILES string of the molecule is CN1C[C@@H]2CCCCN2C(=O)c2cccc(c2)S(=O)(=O)N(C)C/C=C\COCC2(CNCCO2)C1=O.O=C(O)C(F)(F)F. The van der Waals surface area contributed by atoms with Crippen molar-refractivity contribution in [2.24, 2.45) is 0 Å². The third-order valence-corrected chi connectivity index (χ3v) is 9.11. The molecule has 240 valence electrons. The van der Waals surface area contributed by atoms with Gasteiger partial charge in [0.2, 0.25) is 10.0 Å². The summed E-state index contributed by atoms with van der Waals surface area (Å²) >= 11 is 0. The van der Waals surface area contributed by atoms with Gasteiger partial charge in [0.15, 0.2) is 5.60 Å². The van der Waals surface area contributed by atoms with Gasteiger partial charge in [0.05, 0.1) is 24.7 Å². The molecule has 1 unspecified atom stereocenters. The number of carboxylic acids is 1. The average molecular weight is 635 g/mol. The molecule has 0 aromatic heterocycles. The largest absolute Gasteiger partial charge is 0.490 e. The van der Waals surface area contributed by atoms with Crippen LogP contribution in [0.25, 0.3) is 0 Å². The quantitative estimate of drug-likeness (QED) is 0.404. The predicted octanol–water partition coefficient (Wildman–Crippen LogP) is 1.34. The fourth-order valence-electron chi connectivity index (χ4n) is 4.97. The molecule has 16 heteroatoms. The maximum atomic E-state index is 13.6. The van der Waals surface area contributed by atoms with Crippen molar-refractivity contribution < 1.29 is 50.6 Å². The van der Waals surface area contributed by atoms with E-state index in [9.17, 15) is 31.2 Å². The number of nitrogens with one attached hydrogen (secondary N) is 1. The Labute approximate surface area is 248 Å². The van der Waals surface area contributed by atoms with Gasteiger partial charge >= 0.3 is 12.1 Å². The highest BCUT2D eigenvalue weighted by Crippen LogP contribution is 2.25. The first-order valence-electron chi connectivity index (χ1n) is 13.7. The van der Waals surface area contributed by atoms with Gasteiger partial charge in [0.25, 0.3) is 11.8 Å². The van der Waals surface area contributed by atoms with Crippen LogP contribution in [-0.2, 0) is 29.1 Å². The lowest BCUT2D eigenvalue weighted by atomic mass is 9.98. The van der Waals surface area contributed by atoms with Crippen molar-refractivity contribution >= 4 is 27.8 Å². The minimum absolute atomic E-state index is 0.0690. The fourth-order valence-corrected chi connectivity index (χ4v) is 6.14. The number of hydrogen-bond acceptors (Lipinski definition) is 8. The van der Waals surface area contributed by atoms with Crippen LogP contribution in [0.2, 0.25) is 0 Å². The first-order chi connectivity index (χ1) is 20.2. The zero-order chi connectivity index (χ0) is 31.8. The Morgan fingerprint density at radius 1 is 1.16 bits per heavy atom. The van der Waals surface area contributed by atoms with E-state index in [1.54, 1.807) is 41.1 Å². The number of carboxylic acid groups (broad SMARTS) is 1. The molecule has 43 heavy (non-hydrogen) atoms. The lowest BCUT2D eigenvalue weighted by Gasteiger charge is -2.42. The summed E-state index contributed by atoms with van der Waals surface area (Å²) in [5.74, 6) is -3.16. The second kappa shape index (κ2) is 14.6. The zero-order valence-electron chi connectivity index (χ0n) is 24.0. The lowest BCUT2D eigenvalue weighted by Crippen LogP contribution is -2.63. The Hall–Kier alpha value is -3.05. The van der Waals surface area contributed by atoms with Gasteiger partial charge in [-0.15, -0.1) is 0 Å². The molecule has 2 saturated heterocycles. The molecule has 2 atom stereocenters. The number of benzene rings is 1. The summed E-state index contributed by atoms with van der Waals surface area (Å²) < 4.78 is 71.0. The number of sulfonamides is 1. The molecular weight excluding hydrogens is 597 g/mol. The zero-order valence-corrected chi connectivity index (χ0v) is 24.8. The number of amides is 2. The molecule has 1 aromatic rings. The minimum atomic E-state index is -5.08. The highest BCUT2D eigenvalue weighted by atomic mass is 32.2. The number of alkyl halides is 3. The Morgan fingerprint density at radius 3 is 2.53 bits per heavy atom. The second-order valence-corrected chi connectivity index (χ2v) is 12.5.